The number of fused-ring (bicyclic) bond motifs is 1. The van der Waals surface area contributed by atoms with Crippen LogP contribution in [0.1, 0.15) is 0 Å². The standard InChI is InChI=1S/C10H9ClN2OS/c1-14-8-3-6-7(4-9(8)15-2)12-5-13-10(6)11/h3-5H,1-2H3. The number of ether oxygens (including phenoxy) is 1. The minimum Gasteiger partial charge on any atom is -0.496 e. The first kappa shape index (κ1) is 10.5. The Balaban J connectivity index is 2.75. The Morgan fingerprint density at radius 3 is 2.80 bits per heavy atom. The Kier molecular flexibility index (Phi) is 2.98. The van der Waals surface area contributed by atoms with Crippen molar-refractivity contribution < 1.29 is 4.74 Å². The zero-order valence-electron chi connectivity index (χ0n) is 8.32. The van der Waals surface area contributed by atoms with Gasteiger partial charge in [-0.1, -0.05) is 11.6 Å². The van der Waals surface area contributed by atoms with Gasteiger partial charge >= 0.3 is 0 Å². The van der Waals surface area contributed by atoms with Gasteiger partial charge < -0.3 is 4.74 Å². The summed E-state index contributed by atoms with van der Waals surface area (Å²) in [6, 6.07) is 3.82. The predicted octanol–water partition coefficient (Wildman–Crippen LogP) is 3.01. The van der Waals surface area contributed by atoms with Crippen LogP contribution in [0.15, 0.2) is 23.4 Å². The van der Waals surface area contributed by atoms with E-state index in [2.05, 4.69) is 9.97 Å². The fraction of sp³-hybridized carbons (Fsp3) is 0.200. The second kappa shape index (κ2) is 4.24. The summed E-state index contributed by atoms with van der Waals surface area (Å²) < 4.78 is 5.26. The topological polar surface area (TPSA) is 35.0 Å². The lowest BCUT2D eigenvalue weighted by atomic mass is 10.2. The van der Waals surface area contributed by atoms with E-state index in [-0.39, 0.29) is 0 Å². The molecule has 2 rings (SSSR count). The summed E-state index contributed by atoms with van der Waals surface area (Å²) >= 11 is 7.58. The number of aromatic nitrogens is 2. The third-order valence-corrected chi connectivity index (χ3v) is 3.15. The Morgan fingerprint density at radius 2 is 2.13 bits per heavy atom. The number of rotatable bonds is 2. The van der Waals surface area contributed by atoms with E-state index in [1.807, 2.05) is 18.4 Å². The summed E-state index contributed by atoms with van der Waals surface area (Å²) in [6.07, 6.45) is 3.45. The normalized spacial score (nSPS) is 10.6. The molecule has 0 radical (unpaired) electrons. The maximum absolute atomic E-state index is 5.97. The van der Waals surface area contributed by atoms with Gasteiger partial charge in [-0.2, -0.15) is 0 Å². The molecule has 2 aromatic rings. The van der Waals surface area contributed by atoms with E-state index in [4.69, 9.17) is 16.3 Å². The van der Waals surface area contributed by atoms with E-state index in [0.29, 0.717) is 5.15 Å². The van der Waals surface area contributed by atoms with Crippen LogP contribution in [-0.4, -0.2) is 23.3 Å². The zero-order chi connectivity index (χ0) is 10.8. The lowest BCUT2D eigenvalue weighted by Gasteiger charge is -2.07. The molecule has 0 N–H and O–H groups in total. The molecule has 15 heavy (non-hydrogen) atoms. The van der Waals surface area contributed by atoms with Crippen molar-refractivity contribution in [1.29, 1.82) is 0 Å². The summed E-state index contributed by atoms with van der Waals surface area (Å²) in [5.41, 5.74) is 0.833. The van der Waals surface area contributed by atoms with E-state index < -0.39 is 0 Å². The van der Waals surface area contributed by atoms with Crippen LogP contribution in [0.25, 0.3) is 10.9 Å². The average molecular weight is 241 g/mol. The number of thioether (sulfide) groups is 1. The highest BCUT2D eigenvalue weighted by Gasteiger charge is 2.08. The first-order chi connectivity index (χ1) is 7.26. The van der Waals surface area contributed by atoms with Crippen LogP contribution in [0, 0.1) is 0 Å². The molecule has 0 amide bonds. The molecule has 0 aliphatic carbocycles. The second-order valence-corrected chi connectivity index (χ2v) is 4.09. The Hall–Kier alpha value is -1.00. The SMILES string of the molecule is COc1cc2c(Cl)ncnc2cc1SC. The van der Waals surface area contributed by atoms with Crippen molar-refractivity contribution in [2.45, 2.75) is 4.90 Å². The molecular weight excluding hydrogens is 232 g/mol. The molecule has 0 saturated heterocycles. The van der Waals surface area contributed by atoms with E-state index >= 15 is 0 Å². The molecule has 0 spiro atoms. The summed E-state index contributed by atoms with van der Waals surface area (Å²) in [5, 5.41) is 1.26. The molecule has 0 bridgehead atoms. The van der Waals surface area contributed by atoms with Gasteiger partial charge in [0.1, 0.15) is 17.2 Å². The molecule has 1 aromatic carbocycles. The van der Waals surface area contributed by atoms with Crippen LogP contribution in [0.4, 0.5) is 0 Å². The molecule has 0 aliphatic rings. The van der Waals surface area contributed by atoms with Crippen LogP contribution in [0.5, 0.6) is 5.75 Å². The van der Waals surface area contributed by atoms with Gasteiger partial charge in [0, 0.05) is 5.39 Å². The largest absolute Gasteiger partial charge is 0.496 e. The minimum absolute atomic E-state index is 0.450. The molecule has 0 atom stereocenters. The van der Waals surface area contributed by atoms with Crippen LogP contribution in [0.3, 0.4) is 0 Å². The average Bonchev–Trinajstić information content (AvgIpc) is 2.28. The van der Waals surface area contributed by atoms with Crippen molar-refractivity contribution in [3.63, 3.8) is 0 Å². The summed E-state index contributed by atoms with van der Waals surface area (Å²) in [6.45, 7) is 0. The number of methoxy groups -OCH3 is 1. The van der Waals surface area contributed by atoms with Gasteiger partial charge in [-0.3, -0.25) is 0 Å². The predicted molar refractivity (Wildman–Crippen MR) is 62.9 cm³/mol. The van der Waals surface area contributed by atoms with Crippen molar-refractivity contribution in [2.24, 2.45) is 0 Å². The summed E-state index contributed by atoms with van der Waals surface area (Å²) in [7, 11) is 1.64. The quantitative estimate of drug-likeness (QED) is 0.597. The molecule has 78 valence electrons. The molecule has 0 unspecified atom stereocenters. The van der Waals surface area contributed by atoms with Gasteiger partial charge in [0.25, 0.3) is 0 Å². The van der Waals surface area contributed by atoms with Gasteiger partial charge in [-0.05, 0) is 18.4 Å². The molecule has 0 saturated carbocycles. The van der Waals surface area contributed by atoms with Crippen LogP contribution in [0.2, 0.25) is 5.15 Å². The van der Waals surface area contributed by atoms with Crippen molar-refractivity contribution in [3.05, 3.63) is 23.6 Å². The molecule has 1 heterocycles. The van der Waals surface area contributed by atoms with E-state index in [0.717, 1.165) is 21.5 Å². The van der Waals surface area contributed by atoms with Crippen molar-refractivity contribution >= 4 is 34.3 Å². The lowest BCUT2D eigenvalue weighted by molar-refractivity contribution is 0.405. The summed E-state index contributed by atoms with van der Waals surface area (Å²) in [5.74, 6) is 0.798. The second-order valence-electron chi connectivity index (χ2n) is 2.89. The fourth-order valence-electron chi connectivity index (χ4n) is 1.35. The fourth-order valence-corrected chi connectivity index (χ4v) is 2.12. The lowest BCUT2D eigenvalue weighted by Crippen LogP contribution is -1.89. The number of halogens is 1. The van der Waals surface area contributed by atoms with Crippen LogP contribution in [-0.2, 0) is 0 Å². The van der Waals surface area contributed by atoms with Gasteiger partial charge in [-0.25, -0.2) is 9.97 Å². The van der Waals surface area contributed by atoms with Crippen LogP contribution < -0.4 is 4.74 Å². The molecule has 3 nitrogen and oxygen atoms in total. The first-order valence-corrected chi connectivity index (χ1v) is 5.88. The molecular formula is C10H9ClN2OS. The van der Waals surface area contributed by atoms with Crippen LogP contribution >= 0.6 is 23.4 Å². The third kappa shape index (κ3) is 1.87. The monoisotopic (exact) mass is 240 g/mol. The highest BCUT2D eigenvalue weighted by Crippen LogP contribution is 2.33. The van der Waals surface area contributed by atoms with E-state index in [1.54, 1.807) is 18.9 Å². The Bertz CT molecular complexity index is 504. The van der Waals surface area contributed by atoms with Crippen molar-refractivity contribution in [2.75, 3.05) is 13.4 Å². The Labute approximate surface area is 96.8 Å². The van der Waals surface area contributed by atoms with Gasteiger partial charge in [-0.15, -0.1) is 11.8 Å². The maximum atomic E-state index is 5.97. The number of hydrogen-bond acceptors (Lipinski definition) is 4. The number of hydrogen-bond donors (Lipinski definition) is 0. The molecule has 1 aromatic heterocycles. The maximum Gasteiger partial charge on any atom is 0.140 e. The van der Waals surface area contributed by atoms with Gasteiger partial charge in [0.2, 0.25) is 0 Å². The molecule has 0 fully saturated rings. The van der Waals surface area contributed by atoms with Crippen molar-refractivity contribution in [3.8, 4) is 5.75 Å². The zero-order valence-corrected chi connectivity index (χ0v) is 9.89. The van der Waals surface area contributed by atoms with Gasteiger partial charge in [0.15, 0.2) is 0 Å². The minimum atomic E-state index is 0.450. The summed E-state index contributed by atoms with van der Waals surface area (Å²) in [4.78, 5) is 9.13. The van der Waals surface area contributed by atoms with Crippen molar-refractivity contribution in [1.82, 2.24) is 9.97 Å². The smallest absolute Gasteiger partial charge is 0.140 e. The molecule has 0 aliphatic heterocycles. The highest BCUT2D eigenvalue weighted by atomic mass is 35.5. The molecule has 5 heteroatoms. The van der Waals surface area contributed by atoms with E-state index in [9.17, 15) is 0 Å². The number of benzene rings is 1. The van der Waals surface area contributed by atoms with Gasteiger partial charge in [0.05, 0.1) is 17.5 Å². The number of nitrogens with zero attached hydrogens (tertiary/aromatic N) is 2. The first-order valence-electron chi connectivity index (χ1n) is 4.28. The third-order valence-electron chi connectivity index (χ3n) is 2.09. The van der Waals surface area contributed by atoms with E-state index in [1.165, 1.54) is 6.33 Å². The highest BCUT2D eigenvalue weighted by molar-refractivity contribution is 7.98. The Morgan fingerprint density at radius 1 is 1.33 bits per heavy atom.